The molecular formula is C18H22FNO3. The van der Waals surface area contributed by atoms with Gasteiger partial charge in [-0.15, -0.1) is 0 Å². The normalized spacial score (nSPS) is 19.2. The Morgan fingerprint density at radius 2 is 2.00 bits per heavy atom. The summed E-state index contributed by atoms with van der Waals surface area (Å²) in [5.41, 5.74) is 1.65. The van der Waals surface area contributed by atoms with Crippen molar-refractivity contribution in [1.82, 2.24) is 0 Å². The number of carbonyl (C=O) groups excluding carboxylic acids is 1. The standard InChI is InChI=1S/C18H22FNO3/c1-3-5-15(20-23-4-2)18-16(21)10-13(11-17(18)22)12-6-8-14(19)9-7-12/h6-9,13,21H,3-5,10-11H2,1-2H3. The van der Waals surface area contributed by atoms with Crippen molar-refractivity contribution < 1.29 is 19.1 Å². The van der Waals surface area contributed by atoms with Gasteiger partial charge in [0.05, 0.1) is 11.3 Å². The van der Waals surface area contributed by atoms with Crippen LogP contribution >= 0.6 is 0 Å². The summed E-state index contributed by atoms with van der Waals surface area (Å²) in [5, 5.41) is 14.4. The average Bonchev–Trinajstić information content (AvgIpc) is 2.52. The number of ketones is 1. The van der Waals surface area contributed by atoms with Gasteiger partial charge in [0.2, 0.25) is 0 Å². The lowest BCUT2D eigenvalue weighted by molar-refractivity contribution is -0.116. The van der Waals surface area contributed by atoms with Crippen molar-refractivity contribution >= 4 is 11.5 Å². The van der Waals surface area contributed by atoms with Crippen LogP contribution in [-0.2, 0) is 9.63 Å². The number of carbonyl (C=O) groups is 1. The van der Waals surface area contributed by atoms with Crippen LogP contribution in [0.15, 0.2) is 40.8 Å². The van der Waals surface area contributed by atoms with Gasteiger partial charge >= 0.3 is 0 Å². The summed E-state index contributed by atoms with van der Waals surface area (Å²) in [5.74, 6) is -0.551. The molecule has 4 nitrogen and oxygen atoms in total. The van der Waals surface area contributed by atoms with Crippen molar-refractivity contribution in [2.24, 2.45) is 5.16 Å². The molecule has 0 saturated heterocycles. The number of aliphatic hydroxyl groups is 1. The summed E-state index contributed by atoms with van der Waals surface area (Å²) in [4.78, 5) is 17.6. The minimum absolute atomic E-state index is 0.0440. The van der Waals surface area contributed by atoms with E-state index in [0.29, 0.717) is 30.7 Å². The SMILES string of the molecule is CCCC(=NOCC)C1=C(O)CC(c2ccc(F)cc2)CC1=O. The van der Waals surface area contributed by atoms with Crippen LogP contribution in [-0.4, -0.2) is 23.2 Å². The van der Waals surface area contributed by atoms with Gasteiger partial charge in [0.1, 0.15) is 18.2 Å². The molecule has 1 aliphatic rings. The van der Waals surface area contributed by atoms with Crippen LogP contribution in [0.1, 0.15) is 51.0 Å². The highest BCUT2D eigenvalue weighted by Crippen LogP contribution is 2.34. The molecule has 1 aromatic rings. The fourth-order valence-electron chi connectivity index (χ4n) is 2.79. The summed E-state index contributed by atoms with van der Waals surface area (Å²) in [6.45, 7) is 4.20. The number of allylic oxidation sites excluding steroid dienone is 2. The van der Waals surface area contributed by atoms with Gasteiger partial charge in [-0.25, -0.2) is 4.39 Å². The zero-order valence-corrected chi connectivity index (χ0v) is 13.5. The molecule has 0 fully saturated rings. The first-order valence-corrected chi connectivity index (χ1v) is 7.96. The summed E-state index contributed by atoms with van der Waals surface area (Å²) >= 11 is 0. The van der Waals surface area contributed by atoms with E-state index in [-0.39, 0.29) is 29.7 Å². The van der Waals surface area contributed by atoms with E-state index in [9.17, 15) is 14.3 Å². The molecule has 2 rings (SSSR count). The number of oxime groups is 1. The van der Waals surface area contributed by atoms with Gasteiger partial charge in [-0.05, 0) is 37.0 Å². The number of halogens is 1. The molecule has 0 aromatic heterocycles. The highest BCUT2D eigenvalue weighted by Gasteiger charge is 2.31. The fraction of sp³-hybridized carbons (Fsp3) is 0.444. The number of hydrogen-bond donors (Lipinski definition) is 1. The molecule has 23 heavy (non-hydrogen) atoms. The lowest BCUT2D eigenvalue weighted by Gasteiger charge is -2.24. The summed E-state index contributed by atoms with van der Waals surface area (Å²) in [7, 11) is 0. The van der Waals surface area contributed by atoms with Gasteiger partial charge < -0.3 is 9.94 Å². The Morgan fingerprint density at radius 1 is 1.30 bits per heavy atom. The Labute approximate surface area is 135 Å². The zero-order valence-electron chi connectivity index (χ0n) is 13.5. The van der Waals surface area contributed by atoms with Crippen LogP contribution in [0.25, 0.3) is 0 Å². The predicted octanol–water partition coefficient (Wildman–Crippen LogP) is 4.28. The molecule has 0 radical (unpaired) electrons. The highest BCUT2D eigenvalue weighted by molar-refractivity contribution is 6.23. The van der Waals surface area contributed by atoms with Crippen LogP contribution in [0.3, 0.4) is 0 Å². The summed E-state index contributed by atoms with van der Waals surface area (Å²) in [6.07, 6.45) is 2.01. The predicted molar refractivity (Wildman–Crippen MR) is 87.0 cm³/mol. The summed E-state index contributed by atoms with van der Waals surface area (Å²) in [6, 6.07) is 6.06. The Balaban J connectivity index is 2.27. The maximum atomic E-state index is 13.0. The molecular weight excluding hydrogens is 297 g/mol. The van der Waals surface area contributed by atoms with Gasteiger partial charge in [-0.2, -0.15) is 0 Å². The highest BCUT2D eigenvalue weighted by atomic mass is 19.1. The molecule has 0 bridgehead atoms. The van der Waals surface area contributed by atoms with Crippen molar-refractivity contribution in [3.8, 4) is 0 Å². The van der Waals surface area contributed by atoms with Crippen molar-refractivity contribution in [1.29, 1.82) is 0 Å². The number of aliphatic hydroxyl groups excluding tert-OH is 1. The third-order valence-electron chi connectivity index (χ3n) is 3.86. The van der Waals surface area contributed by atoms with E-state index in [4.69, 9.17) is 4.84 Å². The molecule has 124 valence electrons. The van der Waals surface area contributed by atoms with E-state index in [1.807, 2.05) is 13.8 Å². The molecule has 1 unspecified atom stereocenters. The van der Waals surface area contributed by atoms with Gasteiger partial charge in [-0.1, -0.05) is 30.6 Å². The molecule has 1 atom stereocenters. The Hall–Kier alpha value is -2.17. The first-order chi connectivity index (χ1) is 11.1. The first kappa shape index (κ1) is 17.2. The number of rotatable bonds is 6. The number of benzene rings is 1. The molecule has 1 N–H and O–H groups in total. The monoisotopic (exact) mass is 319 g/mol. The van der Waals surface area contributed by atoms with E-state index in [1.54, 1.807) is 12.1 Å². The third-order valence-corrected chi connectivity index (χ3v) is 3.86. The largest absolute Gasteiger partial charge is 0.511 e. The van der Waals surface area contributed by atoms with Gasteiger partial charge in [0.25, 0.3) is 0 Å². The van der Waals surface area contributed by atoms with Gasteiger partial charge in [0, 0.05) is 12.8 Å². The number of hydrogen-bond acceptors (Lipinski definition) is 4. The van der Waals surface area contributed by atoms with Crippen LogP contribution in [0.4, 0.5) is 4.39 Å². The molecule has 0 spiro atoms. The molecule has 0 saturated carbocycles. The van der Waals surface area contributed by atoms with Gasteiger partial charge in [0.15, 0.2) is 5.78 Å². The Bertz CT molecular complexity index is 620. The smallest absolute Gasteiger partial charge is 0.168 e. The van der Waals surface area contributed by atoms with Crippen LogP contribution in [0.2, 0.25) is 0 Å². The molecule has 1 aromatic carbocycles. The van der Waals surface area contributed by atoms with Crippen molar-refractivity contribution in [2.45, 2.75) is 45.4 Å². The first-order valence-electron chi connectivity index (χ1n) is 7.96. The second-order valence-electron chi connectivity index (χ2n) is 5.61. The number of nitrogens with zero attached hydrogens (tertiary/aromatic N) is 1. The van der Waals surface area contributed by atoms with Crippen molar-refractivity contribution in [3.05, 3.63) is 47.0 Å². The molecule has 1 aliphatic carbocycles. The van der Waals surface area contributed by atoms with E-state index < -0.39 is 0 Å². The molecule has 0 aliphatic heterocycles. The molecule has 0 amide bonds. The second-order valence-corrected chi connectivity index (χ2v) is 5.61. The minimum Gasteiger partial charge on any atom is -0.511 e. The van der Waals surface area contributed by atoms with Crippen LogP contribution in [0.5, 0.6) is 0 Å². The maximum Gasteiger partial charge on any atom is 0.168 e. The van der Waals surface area contributed by atoms with E-state index >= 15 is 0 Å². The minimum atomic E-state index is -0.314. The quantitative estimate of drug-likeness (QED) is 0.629. The topological polar surface area (TPSA) is 58.9 Å². The Morgan fingerprint density at radius 3 is 2.57 bits per heavy atom. The fourth-order valence-corrected chi connectivity index (χ4v) is 2.79. The number of Topliss-reactive ketones (excluding diaryl/α,β-unsaturated/α-hetero) is 1. The second kappa shape index (κ2) is 7.90. The van der Waals surface area contributed by atoms with E-state index in [2.05, 4.69) is 5.16 Å². The lowest BCUT2D eigenvalue weighted by atomic mass is 9.81. The molecule has 5 heteroatoms. The van der Waals surface area contributed by atoms with E-state index in [1.165, 1.54) is 12.1 Å². The molecule has 0 heterocycles. The zero-order chi connectivity index (χ0) is 16.8. The van der Waals surface area contributed by atoms with Crippen molar-refractivity contribution in [3.63, 3.8) is 0 Å². The maximum absolute atomic E-state index is 13.0. The van der Waals surface area contributed by atoms with E-state index in [0.717, 1.165) is 12.0 Å². The van der Waals surface area contributed by atoms with Crippen molar-refractivity contribution in [2.75, 3.05) is 6.61 Å². The lowest BCUT2D eigenvalue weighted by Crippen LogP contribution is -2.24. The van der Waals surface area contributed by atoms with Crippen LogP contribution in [0, 0.1) is 5.82 Å². The average molecular weight is 319 g/mol. The Kier molecular flexibility index (Phi) is 5.90. The van der Waals surface area contributed by atoms with Gasteiger partial charge in [-0.3, -0.25) is 4.79 Å². The third kappa shape index (κ3) is 4.18. The van der Waals surface area contributed by atoms with Crippen LogP contribution < -0.4 is 0 Å². The summed E-state index contributed by atoms with van der Waals surface area (Å²) < 4.78 is 13.0.